The summed E-state index contributed by atoms with van der Waals surface area (Å²) >= 11 is 0. The second-order valence-corrected chi connectivity index (χ2v) is 4.28. The van der Waals surface area contributed by atoms with E-state index < -0.39 is 5.97 Å². The second-order valence-electron chi connectivity index (χ2n) is 4.28. The highest BCUT2D eigenvalue weighted by Crippen LogP contribution is 2.54. The predicted octanol–water partition coefficient (Wildman–Crippen LogP) is 2.45. The third-order valence-corrected chi connectivity index (χ3v) is 3.28. The van der Waals surface area contributed by atoms with Gasteiger partial charge in [-0.15, -0.1) is 0 Å². The van der Waals surface area contributed by atoms with Crippen LogP contribution in [0, 0.1) is 0 Å². The van der Waals surface area contributed by atoms with E-state index in [4.69, 9.17) is 9.52 Å². The molecule has 2 aromatic rings. The van der Waals surface area contributed by atoms with Gasteiger partial charge in [0.2, 0.25) is 0 Å². The Balaban J connectivity index is 2.10. The molecule has 0 saturated heterocycles. The number of aromatic carboxylic acids is 1. The van der Waals surface area contributed by atoms with Crippen LogP contribution in [-0.2, 0) is 5.41 Å². The Kier molecular flexibility index (Phi) is 2.04. The van der Waals surface area contributed by atoms with Crippen molar-refractivity contribution in [3.63, 3.8) is 0 Å². The van der Waals surface area contributed by atoms with Crippen LogP contribution in [0.4, 0.5) is 0 Å². The molecule has 1 heterocycles. The summed E-state index contributed by atoms with van der Waals surface area (Å²) in [5, 5.41) is 9.07. The minimum atomic E-state index is -1.03. The zero-order valence-electron chi connectivity index (χ0n) is 9.09. The molecule has 4 nitrogen and oxygen atoms in total. The van der Waals surface area contributed by atoms with Crippen LogP contribution < -0.4 is 0 Å². The molecule has 4 heteroatoms. The molecule has 0 bridgehead atoms. The molecule has 17 heavy (non-hydrogen) atoms. The average Bonchev–Trinajstić information content (AvgIpc) is 3.00. The summed E-state index contributed by atoms with van der Waals surface area (Å²) in [4.78, 5) is 14.8. The van der Waals surface area contributed by atoms with Crippen molar-refractivity contribution in [1.82, 2.24) is 4.98 Å². The Hall–Kier alpha value is -2.10. The number of hydrogen-bond donors (Lipinski definition) is 1. The number of oxazole rings is 1. The Morgan fingerprint density at radius 3 is 2.59 bits per heavy atom. The van der Waals surface area contributed by atoms with Gasteiger partial charge >= 0.3 is 5.97 Å². The minimum Gasteiger partial charge on any atom is -0.476 e. The van der Waals surface area contributed by atoms with E-state index in [1.807, 2.05) is 30.3 Å². The quantitative estimate of drug-likeness (QED) is 0.878. The molecule has 1 aromatic carbocycles. The molecule has 1 fully saturated rings. The third-order valence-electron chi connectivity index (χ3n) is 3.28. The van der Waals surface area contributed by atoms with Crippen LogP contribution in [0.1, 0.15) is 34.7 Å². The fraction of sp³-hybridized carbons (Fsp3) is 0.231. The van der Waals surface area contributed by atoms with Crippen molar-refractivity contribution >= 4 is 5.97 Å². The summed E-state index contributed by atoms with van der Waals surface area (Å²) in [7, 11) is 0. The lowest BCUT2D eigenvalue weighted by molar-refractivity contribution is 0.0688. The van der Waals surface area contributed by atoms with Gasteiger partial charge in [0.05, 0.1) is 5.41 Å². The maximum Gasteiger partial charge on any atom is 0.358 e. The Morgan fingerprint density at radius 2 is 2.00 bits per heavy atom. The summed E-state index contributed by atoms with van der Waals surface area (Å²) in [5.41, 5.74) is 0.858. The lowest BCUT2D eigenvalue weighted by atomic mass is 9.92. The first-order valence-corrected chi connectivity index (χ1v) is 5.47. The number of nitrogens with zero attached hydrogens (tertiary/aromatic N) is 1. The molecule has 1 aliphatic carbocycles. The van der Waals surface area contributed by atoms with Gasteiger partial charge in [-0.3, -0.25) is 0 Å². The van der Waals surface area contributed by atoms with Crippen molar-refractivity contribution < 1.29 is 14.3 Å². The number of hydrogen-bond acceptors (Lipinski definition) is 3. The van der Waals surface area contributed by atoms with Crippen LogP contribution >= 0.6 is 0 Å². The van der Waals surface area contributed by atoms with E-state index in [2.05, 4.69) is 4.98 Å². The van der Waals surface area contributed by atoms with Gasteiger partial charge in [0.1, 0.15) is 5.76 Å². The average molecular weight is 229 g/mol. The molecule has 0 unspecified atom stereocenters. The van der Waals surface area contributed by atoms with Crippen molar-refractivity contribution in [2.75, 3.05) is 0 Å². The number of rotatable bonds is 3. The molecule has 3 rings (SSSR count). The van der Waals surface area contributed by atoms with E-state index in [-0.39, 0.29) is 11.1 Å². The van der Waals surface area contributed by atoms with E-state index in [1.54, 1.807) is 0 Å². The van der Waals surface area contributed by atoms with Gasteiger partial charge < -0.3 is 9.52 Å². The highest BCUT2D eigenvalue weighted by molar-refractivity contribution is 5.87. The molecule has 1 aliphatic rings. The molecule has 86 valence electrons. The van der Waals surface area contributed by atoms with Crippen LogP contribution in [0.2, 0.25) is 0 Å². The fourth-order valence-electron chi connectivity index (χ4n) is 2.27. The molecule has 0 aliphatic heterocycles. The number of aromatic nitrogens is 1. The van der Waals surface area contributed by atoms with Crippen LogP contribution in [0.25, 0.3) is 0 Å². The van der Waals surface area contributed by atoms with E-state index in [0.29, 0.717) is 5.76 Å². The normalized spacial score (nSPS) is 16.7. The summed E-state index contributed by atoms with van der Waals surface area (Å²) < 4.78 is 5.32. The van der Waals surface area contributed by atoms with Crippen molar-refractivity contribution in [1.29, 1.82) is 0 Å². The van der Waals surface area contributed by atoms with Crippen molar-refractivity contribution in [2.45, 2.75) is 18.3 Å². The largest absolute Gasteiger partial charge is 0.476 e. The first-order valence-electron chi connectivity index (χ1n) is 5.47. The van der Waals surface area contributed by atoms with Crippen molar-refractivity contribution in [3.05, 3.63) is 53.7 Å². The summed E-state index contributed by atoms with van der Waals surface area (Å²) in [6.07, 6.45) is 3.03. The second kappa shape index (κ2) is 3.45. The standard InChI is InChI=1S/C13H11NO3/c15-12(16)10-11(17-8-14-10)13(6-7-13)9-4-2-1-3-5-9/h1-5,8H,6-7H2,(H,15,16). The molecule has 0 amide bonds. The van der Waals surface area contributed by atoms with Gasteiger partial charge in [-0.2, -0.15) is 0 Å². The van der Waals surface area contributed by atoms with Crippen LogP contribution in [0.3, 0.4) is 0 Å². The van der Waals surface area contributed by atoms with Gasteiger partial charge in [-0.1, -0.05) is 30.3 Å². The van der Waals surface area contributed by atoms with E-state index in [1.165, 1.54) is 6.39 Å². The topological polar surface area (TPSA) is 63.3 Å². The van der Waals surface area contributed by atoms with E-state index >= 15 is 0 Å². The number of carbonyl (C=O) groups is 1. The van der Waals surface area contributed by atoms with Crippen LogP contribution in [-0.4, -0.2) is 16.1 Å². The Morgan fingerprint density at radius 1 is 1.29 bits per heavy atom. The first kappa shape index (κ1) is 10.1. The Labute approximate surface area is 97.9 Å². The third kappa shape index (κ3) is 1.45. The maximum absolute atomic E-state index is 11.1. The highest BCUT2D eigenvalue weighted by atomic mass is 16.4. The minimum absolute atomic E-state index is 0.0337. The molecule has 1 aromatic heterocycles. The summed E-state index contributed by atoms with van der Waals surface area (Å²) in [6, 6.07) is 9.85. The van der Waals surface area contributed by atoms with Gasteiger partial charge in [-0.05, 0) is 18.4 Å². The summed E-state index contributed by atoms with van der Waals surface area (Å²) in [6.45, 7) is 0. The predicted molar refractivity (Wildman–Crippen MR) is 59.9 cm³/mol. The van der Waals surface area contributed by atoms with Gasteiger partial charge in [0, 0.05) is 0 Å². The van der Waals surface area contributed by atoms with Crippen LogP contribution in [0.5, 0.6) is 0 Å². The van der Waals surface area contributed by atoms with Crippen LogP contribution in [0.15, 0.2) is 41.1 Å². The maximum atomic E-state index is 11.1. The molecule has 1 saturated carbocycles. The highest BCUT2D eigenvalue weighted by Gasteiger charge is 2.51. The zero-order valence-corrected chi connectivity index (χ0v) is 9.09. The smallest absolute Gasteiger partial charge is 0.358 e. The summed E-state index contributed by atoms with van der Waals surface area (Å²) in [5.74, 6) is -0.549. The monoisotopic (exact) mass is 229 g/mol. The number of carboxylic acids is 1. The van der Waals surface area contributed by atoms with E-state index in [0.717, 1.165) is 18.4 Å². The number of carboxylic acid groups (broad SMARTS) is 1. The van der Waals surface area contributed by atoms with Gasteiger partial charge in [0.15, 0.2) is 12.1 Å². The molecule has 1 N–H and O–H groups in total. The lowest BCUT2D eigenvalue weighted by Crippen LogP contribution is -2.13. The molecule has 0 radical (unpaired) electrons. The van der Waals surface area contributed by atoms with E-state index in [9.17, 15) is 4.79 Å². The van der Waals surface area contributed by atoms with Crippen molar-refractivity contribution in [2.24, 2.45) is 0 Å². The molecular weight excluding hydrogens is 218 g/mol. The molecule has 0 atom stereocenters. The van der Waals surface area contributed by atoms with Crippen molar-refractivity contribution in [3.8, 4) is 0 Å². The fourth-order valence-corrected chi connectivity index (χ4v) is 2.27. The lowest BCUT2D eigenvalue weighted by Gasteiger charge is -2.12. The SMILES string of the molecule is O=C(O)c1ncoc1C1(c2ccccc2)CC1. The molecular formula is C13H11NO3. The first-order chi connectivity index (χ1) is 8.24. The zero-order chi connectivity index (χ0) is 11.9. The number of benzene rings is 1. The van der Waals surface area contributed by atoms with Gasteiger partial charge in [0.25, 0.3) is 0 Å². The molecule has 0 spiro atoms. The van der Waals surface area contributed by atoms with Gasteiger partial charge in [-0.25, -0.2) is 9.78 Å². The Bertz CT molecular complexity index is 555.